The predicted molar refractivity (Wildman–Crippen MR) is 122 cm³/mol. The molecule has 0 aliphatic heterocycles. The molecule has 0 atom stereocenters. The molecule has 4 aromatic rings. The van der Waals surface area contributed by atoms with Crippen molar-refractivity contribution in [2.75, 3.05) is 12.4 Å². The minimum Gasteiger partial charge on any atom is -0.465 e. The lowest BCUT2D eigenvalue weighted by Crippen LogP contribution is -2.15. The average Bonchev–Trinajstić information content (AvgIpc) is 3.43. The van der Waals surface area contributed by atoms with Gasteiger partial charge in [0.1, 0.15) is 0 Å². The number of fused-ring (bicyclic) bond motifs is 1. The molecule has 31 heavy (non-hydrogen) atoms. The summed E-state index contributed by atoms with van der Waals surface area (Å²) in [4.78, 5) is 31.0. The first-order chi connectivity index (χ1) is 14.9. The van der Waals surface area contributed by atoms with E-state index in [4.69, 9.17) is 9.72 Å². The standard InChI is InChI=1S/C23H22N4O3S/c1-13(2)27-21-17(12-24-27)16(11-19(25-21)20-6-5-9-31-20)22(28)26-18-10-15(23(29)30-4)8-7-14(18)3/h5-13H,1-4H3,(H,26,28). The minimum absolute atomic E-state index is 0.0958. The summed E-state index contributed by atoms with van der Waals surface area (Å²) in [6, 6.07) is 10.9. The molecule has 0 aliphatic carbocycles. The number of carbonyl (C=O) groups is 2. The number of hydrogen-bond acceptors (Lipinski definition) is 6. The summed E-state index contributed by atoms with van der Waals surface area (Å²) in [5.74, 6) is -0.751. The van der Waals surface area contributed by atoms with E-state index in [1.54, 1.807) is 41.8 Å². The summed E-state index contributed by atoms with van der Waals surface area (Å²) >= 11 is 1.56. The lowest BCUT2D eigenvalue weighted by Gasteiger charge is -2.12. The van der Waals surface area contributed by atoms with Crippen LogP contribution in [0.5, 0.6) is 0 Å². The maximum atomic E-state index is 13.3. The van der Waals surface area contributed by atoms with E-state index in [2.05, 4.69) is 10.4 Å². The molecule has 1 amide bonds. The highest BCUT2D eigenvalue weighted by Crippen LogP contribution is 2.29. The monoisotopic (exact) mass is 434 g/mol. The van der Waals surface area contributed by atoms with Gasteiger partial charge >= 0.3 is 5.97 Å². The predicted octanol–water partition coefficient (Wildman–Crippen LogP) is 5.09. The molecule has 1 aromatic carbocycles. The molecular weight excluding hydrogens is 412 g/mol. The van der Waals surface area contributed by atoms with Crippen molar-refractivity contribution >= 4 is 39.9 Å². The molecule has 8 heteroatoms. The van der Waals surface area contributed by atoms with E-state index < -0.39 is 5.97 Å². The Morgan fingerprint density at radius 1 is 1.19 bits per heavy atom. The van der Waals surface area contributed by atoms with Gasteiger partial charge in [0.25, 0.3) is 5.91 Å². The summed E-state index contributed by atoms with van der Waals surface area (Å²) in [6.45, 7) is 5.91. The topological polar surface area (TPSA) is 86.1 Å². The van der Waals surface area contributed by atoms with Crippen molar-refractivity contribution in [3.8, 4) is 10.6 Å². The molecule has 158 valence electrons. The molecule has 0 spiro atoms. The molecule has 0 radical (unpaired) electrons. The lowest BCUT2D eigenvalue weighted by atomic mass is 10.1. The van der Waals surface area contributed by atoms with E-state index in [1.165, 1.54) is 7.11 Å². The van der Waals surface area contributed by atoms with Crippen LogP contribution in [0, 0.1) is 6.92 Å². The molecule has 0 aliphatic rings. The second-order valence-corrected chi connectivity index (χ2v) is 8.38. The Labute approximate surface area is 183 Å². The average molecular weight is 435 g/mol. The maximum absolute atomic E-state index is 13.3. The number of thiophene rings is 1. The zero-order chi connectivity index (χ0) is 22.1. The lowest BCUT2D eigenvalue weighted by molar-refractivity contribution is 0.0600. The van der Waals surface area contributed by atoms with Gasteiger partial charge in [0.05, 0.1) is 40.4 Å². The second kappa shape index (κ2) is 8.31. The van der Waals surface area contributed by atoms with Crippen LogP contribution < -0.4 is 5.32 Å². The van der Waals surface area contributed by atoms with Crippen LogP contribution in [0.25, 0.3) is 21.6 Å². The molecule has 1 N–H and O–H groups in total. The van der Waals surface area contributed by atoms with Gasteiger partial charge in [-0.05, 0) is 56.0 Å². The van der Waals surface area contributed by atoms with E-state index in [-0.39, 0.29) is 11.9 Å². The first kappa shape index (κ1) is 20.7. The van der Waals surface area contributed by atoms with Crippen molar-refractivity contribution in [2.45, 2.75) is 26.8 Å². The Morgan fingerprint density at radius 3 is 2.68 bits per heavy atom. The molecule has 0 fully saturated rings. The van der Waals surface area contributed by atoms with Gasteiger partial charge in [-0.1, -0.05) is 12.1 Å². The number of ether oxygens (including phenoxy) is 1. The first-order valence-electron chi connectivity index (χ1n) is 9.81. The number of amides is 1. The number of esters is 1. The highest BCUT2D eigenvalue weighted by Gasteiger charge is 2.20. The third-order valence-electron chi connectivity index (χ3n) is 4.98. The van der Waals surface area contributed by atoms with Crippen LogP contribution in [0.15, 0.2) is 48.0 Å². The van der Waals surface area contributed by atoms with Gasteiger partial charge in [-0.2, -0.15) is 5.10 Å². The Kier molecular flexibility index (Phi) is 5.56. The molecule has 3 heterocycles. The highest BCUT2D eigenvalue weighted by molar-refractivity contribution is 7.13. The fraction of sp³-hybridized carbons (Fsp3) is 0.217. The SMILES string of the molecule is COC(=O)c1ccc(C)c(NC(=O)c2cc(-c3cccs3)nc3c2cnn3C(C)C)c1. The van der Waals surface area contributed by atoms with Crippen LogP contribution in [0.1, 0.15) is 46.2 Å². The zero-order valence-electron chi connectivity index (χ0n) is 17.7. The minimum atomic E-state index is -0.458. The van der Waals surface area contributed by atoms with Crippen LogP contribution in [0.2, 0.25) is 0 Å². The van der Waals surface area contributed by atoms with Crippen molar-refractivity contribution in [2.24, 2.45) is 0 Å². The largest absolute Gasteiger partial charge is 0.465 e. The van der Waals surface area contributed by atoms with Gasteiger partial charge < -0.3 is 10.1 Å². The van der Waals surface area contributed by atoms with E-state index in [1.807, 2.05) is 43.0 Å². The maximum Gasteiger partial charge on any atom is 0.337 e. The third-order valence-corrected chi connectivity index (χ3v) is 5.87. The summed E-state index contributed by atoms with van der Waals surface area (Å²) in [7, 11) is 1.33. The van der Waals surface area contributed by atoms with Crippen LogP contribution in [-0.2, 0) is 4.74 Å². The molecule has 0 unspecified atom stereocenters. The second-order valence-electron chi connectivity index (χ2n) is 7.43. The zero-order valence-corrected chi connectivity index (χ0v) is 18.5. The van der Waals surface area contributed by atoms with Crippen molar-refractivity contribution < 1.29 is 14.3 Å². The summed E-state index contributed by atoms with van der Waals surface area (Å²) < 4.78 is 6.60. The third kappa shape index (κ3) is 3.94. The number of aromatic nitrogens is 3. The van der Waals surface area contributed by atoms with Gasteiger partial charge in [-0.25, -0.2) is 14.5 Å². The number of carbonyl (C=O) groups excluding carboxylic acids is 2. The Morgan fingerprint density at radius 2 is 2.00 bits per heavy atom. The summed E-state index contributed by atoms with van der Waals surface area (Å²) in [6.07, 6.45) is 1.67. The fourth-order valence-electron chi connectivity index (χ4n) is 3.33. The van der Waals surface area contributed by atoms with Crippen molar-refractivity contribution in [3.05, 3.63) is 64.7 Å². The Balaban J connectivity index is 1.80. The molecule has 0 saturated carbocycles. The Bertz CT molecular complexity index is 1280. The number of benzene rings is 1. The molecule has 4 rings (SSSR count). The number of aryl methyl sites for hydroxylation is 1. The number of nitrogens with zero attached hydrogens (tertiary/aromatic N) is 3. The summed E-state index contributed by atoms with van der Waals surface area (Å²) in [5.41, 5.74) is 3.61. The first-order valence-corrected chi connectivity index (χ1v) is 10.7. The van der Waals surface area contributed by atoms with Crippen LogP contribution in [0.3, 0.4) is 0 Å². The number of pyridine rings is 1. The van der Waals surface area contributed by atoms with E-state index in [0.717, 1.165) is 16.1 Å². The number of anilines is 1. The van der Waals surface area contributed by atoms with Gasteiger partial charge in [-0.15, -0.1) is 11.3 Å². The van der Waals surface area contributed by atoms with E-state index in [0.29, 0.717) is 27.8 Å². The summed E-state index contributed by atoms with van der Waals surface area (Å²) in [5, 5.41) is 10.0. The van der Waals surface area contributed by atoms with Gasteiger partial charge in [-0.3, -0.25) is 4.79 Å². The van der Waals surface area contributed by atoms with Crippen LogP contribution in [0.4, 0.5) is 5.69 Å². The van der Waals surface area contributed by atoms with Crippen LogP contribution >= 0.6 is 11.3 Å². The number of nitrogens with one attached hydrogen (secondary N) is 1. The highest BCUT2D eigenvalue weighted by atomic mass is 32.1. The number of methoxy groups -OCH3 is 1. The van der Waals surface area contributed by atoms with Gasteiger partial charge in [0.15, 0.2) is 5.65 Å². The molecular formula is C23H22N4O3S. The molecule has 7 nitrogen and oxygen atoms in total. The number of hydrogen-bond donors (Lipinski definition) is 1. The van der Waals surface area contributed by atoms with Gasteiger partial charge in [0, 0.05) is 11.7 Å². The fourth-order valence-corrected chi connectivity index (χ4v) is 4.01. The molecule has 0 bridgehead atoms. The normalized spacial score (nSPS) is 11.1. The van der Waals surface area contributed by atoms with Gasteiger partial charge in [0.2, 0.25) is 0 Å². The van der Waals surface area contributed by atoms with Crippen molar-refractivity contribution in [1.82, 2.24) is 14.8 Å². The van der Waals surface area contributed by atoms with Crippen molar-refractivity contribution in [3.63, 3.8) is 0 Å². The Hall–Kier alpha value is -3.52. The van der Waals surface area contributed by atoms with E-state index in [9.17, 15) is 9.59 Å². The quantitative estimate of drug-likeness (QED) is 0.442. The molecule has 3 aromatic heterocycles. The van der Waals surface area contributed by atoms with Crippen LogP contribution in [-0.4, -0.2) is 33.8 Å². The number of rotatable bonds is 5. The molecule has 0 saturated heterocycles. The smallest absolute Gasteiger partial charge is 0.337 e. The van der Waals surface area contributed by atoms with Crippen molar-refractivity contribution in [1.29, 1.82) is 0 Å². The van der Waals surface area contributed by atoms with E-state index >= 15 is 0 Å².